The first-order chi connectivity index (χ1) is 13.3. The molecule has 0 spiro atoms. The molecule has 28 heavy (non-hydrogen) atoms. The highest BCUT2D eigenvalue weighted by Crippen LogP contribution is 2.41. The maximum Gasteiger partial charge on any atom is 0.140 e. The maximum absolute atomic E-state index is 12.2. The van der Waals surface area contributed by atoms with Crippen LogP contribution in [-0.2, 0) is 5.60 Å². The zero-order chi connectivity index (χ0) is 20.2. The number of rotatable bonds is 5. The van der Waals surface area contributed by atoms with Crippen LogP contribution in [0.3, 0.4) is 0 Å². The molecule has 1 heterocycles. The van der Waals surface area contributed by atoms with Crippen molar-refractivity contribution in [3.8, 4) is 0 Å². The predicted molar refractivity (Wildman–Crippen MR) is 118 cm³/mol. The molecule has 4 heteroatoms. The van der Waals surface area contributed by atoms with E-state index >= 15 is 0 Å². The van der Waals surface area contributed by atoms with Gasteiger partial charge in [0.2, 0.25) is 0 Å². The standard InChI is InChI=1S/C24H26N2OS/c1-23(2,3)22(28)26-21(20-16-10-11-17-25-20)24(27,18-12-6-4-7-13-18)19-14-8-5-9-15-19/h4-17,21,27H,1-3H3,(H,26,28). The van der Waals surface area contributed by atoms with Gasteiger partial charge in [-0.3, -0.25) is 4.98 Å². The molecule has 144 valence electrons. The molecule has 0 aliphatic carbocycles. The van der Waals surface area contributed by atoms with Crippen LogP contribution in [0.25, 0.3) is 0 Å². The second kappa shape index (κ2) is 8.21. The van der Waals surface area contributed by atoms with E-state index in [4.69, 9.17) is 12.2 Å². The molecule has 1 atom stereocenters. The predicted octanol–water partition coefficient (Wildman–Crippen LogP) is 5.02. The van der Waals surface area contributed by atoms with E-state index in [0.29, 0.717) is 4.99 Å². The first-order valence-corrected chi connectivity index (χ1v) is 9.79. The Labute approximate surface area is 172 Å². The number of nitrogens with one attached hydrogen (secondary N) is 1. The van der Waals surface area contributed by atoms with Gasteiger partial charge in [0.05, 0.1) is 10.7 Å². The van der Waals surface area contributed by atoms with Gasteiger partial charge in [0.1, 0.15) is 11.6 Å². The largest absolute Gasteiger partial charge is 0.378 e. The van der Waals surface area contributed by atoms with Crippen LogP contribution >= 0.6 is 12.2 Å². The van der Waals surface area contributed by atoms with E-state index in [-0.39, 0.29) is 5.41 Å². The third-order valence-electron chi connectivity index (χ3n) is 4.79. The highest BCUT2D eigenvalue weighted by Gasteiger charge is 2.43. The molecule has 3 rings (SSSR count). The van der Waals surface area contributed by atoms with Crippen molar-refractivity contribution in [2.75, 3.05) is 0 Å². The average molecular weight is 391 g/mol. The smallest absolute Gasteiger partial charge is 0.140 e. The van der Waals surface area contributed by atoms with Crippen LogP contribution in [0.2, 0.25) is 0 Å². The van der Waals surface area contributed by atoms with Crippen molar-refractivity contribution in [1.82, 2.24) is 10.3 Å². The highest BCUT2D eigenvalue weighted by atomic mass is 32.1. The Balaban J connectivity index is 2.21. The van der Waals surface area contributed by atoms with E-state index in [1.54, 1.807) is 6.20 Å². The molecule has 3 nitrogen and oxygen atoms in total. The summed E-state index contributed by atoms with van der Waals surface area (Å²) in [7, 11) is 0. The maximum atomic E-state index is 12.2. The zero-order valence-electron chi connectivity index (χ0n) is 16.5. The van der Waals surface area contributed by atoms with Gasteiger partial charge in [-0.05, 0) is 23.3 Å². The van der Waals surface area contributed by atoms with E-state index in [2.05, 4.69) is 31.1 Å². The van der Waals surface area contributed by atoms with Crippen LogP contribution in [0.15, 0.2) is 85.1 Å². The Bertz CT molecular complexity index is 866. The first-order valence-electron chi connectivity index (χ1n) is 9.39. The van der Waals surface area contributed by atoms with Gasteiger partial charge in [-0.2, -0.15) is 0 Å². The Morgan fingerprint density at radius 3 is 1.79 bits per heavy atom. The number of pyridine rings is 1. The quantitative estimate of drug-likeness (QED) is 0.600. The number of hydrogen-bond donors (Lipinski definition) is 2. The van der Waals surface area contributed by atoms with Crippen molar-refractivity contribution in [3.63, 3.8) is 0 Å². The van der Waals surface area contributed by atoms with E-state index in [9.17, 15) is 5.11 Å². The molecule has 0 amide bonds. The van der Waals surface area contributed by atoms with Gasteiger partial charge in [0.25, 0.3) is 0 Å². The monoisotopic (exact) mass is 390 g/mol. The summed E-state index contributed by atoms with van der Waals surface area (Å²) in [5, 5.41) is 15.6. The summed E-state index contributed by atoms with van der Waals surface area (Å²) in [6, 6.07) is 24.5. The molecule has 0 aliphatic rings. The van der Waals surface area contributed by atoms with Gasteiger partial charge in [-0.15, -0.1) is 0 Å². The minimum Gasteiger partial charge on any atom is -0.378 e. The summed E-state index contributed by atoms with van der Waals surface area (Å²) in [6.45, 7) is 6.17. The average Bonchev–Trinajstić information content (AvgIpc) is 2.72. The highest BCUT2D eigenvalue weighted by molar-refractivity contribution is 7.80. The third-order valence-corrected chi connectivity index (χ3v) is 5.52. The topological polar surface area (TPSA) is 45.2 Å². The van der Waals surface area contributed by atoms with Gasteiger partial charge in [0, 0.05) is 11.6 Å². The Kier molecular flexibility index (Phi) is 5.92. The van der Waals surface area contributed by atoms with E-state index < -0.39 is 11.6 Å². The number of benzene rings is 2. The van der Waals surface area contributed by atoms with Crippen LogP contribution in [0, 0.1) is 5.41 Å². The van der Waals surface area contributed by atoms with Gasteiger partial charge < -0.3 is 10.4 Å². The lowest BCUT2D eigenvalue weighted by molar-refractivity contribution is 0.0416. The minimum absolute atomic E-state index is 0.239. The van der Waals surface area contributed by atoms with Crippen molar-refractivity contribution in [3.05, 3.63) is 102 Å². The zero-order valence-corrected chi connectivity index (χ0v) is 17.3. The molecule has 1 unspecified atom stereocenters. The second-order valence-corrected chi connectivity index (χ2v) is 8.32. The fraction of sp³-hybridized carbons (Fsp3) is 0.250. The first kappa shape index (κ1) is 20.2. The summed E-state index contributed by atoms with van der Waals surface area (Å²) < 4.78 is 0. The summed E-state index contributed by atoms with van der Waals surface area (Å²) >= 11 is 5.69. The fourth-order valence-corrected chi connectivity index (χ4v) is 3.29. The molecule has 2 aromatic carbocycles. The molecule has 1 aromatic heterocycles. The minimum atomic E-state index is -1.35. The molecule has 0 saturated heterocycles. The van der Waals surface area contributed by atoms with Crippen molar-refractivity contribution in [2.24, 2.45) is 5.41 Å². The van der Waals surface area contributed by atoms with Gasteiger partial charge in [0.15, 0.2) is 0 Å². The number of aliphatic hydroxyl groups is 1. The molecule has 0 fully saturated rings. The lowest BCUT2D eigenvalue weighted by Gasteiger charge is -2.39. The van der Waals surface area contributed by atoms with Crippen LogP contribution in [0.1, 0.15) is 43.6 Å². The molecular weight excluding hydrogens is 364 g/mol. The van der Waals surface area contributed by atoms with Crippen molar-refractivity contribution >= 4 is 17.2 Å². The van der Waals surface area contributed by atoms with Gasteiger partial charge in [-0.25, -0.2) is 0 Å². The van der Waals surface area contributed by atoms with Gasteiger partial charge >= 0.3 is 0 Å². The van der Waals surface area contributed by atoms with E-state index in [1.807, 2.05) is 78.9 Å². The Morgan fingerprint density at radius 2 is 1.36 bits per heavy atom. The number of aromatic nitrogens is 1. The van der Waals surface area contributed by atoms with Crippen molar-refractivity contribution in [2.45, 2.75) is 32.4 Å². The molecule has 3 aromatic rings. The molecule has 2 N–H and O–H groups in total. The van der Waals surface area contributed by atoms with Crippen LogP contribution in [0.5, 0.6) is 0 Å². The molecule has 0 aliphatic heterocycles. The lowest BCUT2D eigenvalue weighted by Crippen LogP contribution is -2.47. The van der Waals surface area contributed by atoms with Crippen LogP contribution < -0.4 is 5.32 Å². The summed E-state index contributed by atoms with van der Waals surface area (Å²) in [5.74, 6) is 0. The summed E-state index contributed by atoms with van der Waals surface area (Å²) in [6.07, 6.45) is 1.74. The summed E-state index contributed by atoms with van der Waals surface area (Å²) in [5.41, 5.74) is 0.689. The normalized spacial score (nSPS) is 13.0. The molecule has 0 bridgehead atoms. The van der Waals surface area contributed by atoms with E-state index in [1.165, 1.54) is 0 Å². The number of thiocarbonyl (C=S) groups is 1. The second-order valence-electron chi connectivity index (χ2n) is 7.91. The summed E-state index contributed by atoms with van der Waals surface area (Å²) in [4.78, 5) is 5.22. The van der Waals surface area contributed by atoms with Crippen LogP contribution in [0.4, 0.5) is 0 Å². The fourth-order valence-electron chi connectivity index (χ4n) is 3.17. The third kappa shape index (κ3) is 4.13. The molecule has 0 saturated carbocycles. The lowest BCUT2D eigenvalue weighted by atomic mass is 9.78. The van der Waals surface area contributed by atoms with E-state index in [0.717, 1.165) is 16.8 Å². The SMILES string of the molecule is CC(C)(C)C(=S)NC(c1ccccn1)C(O)(c1ccccc1)c1ccccc1. The van der Waals surface area contributed by atoms with Crippen molar-refractivity contribution in [1.29, 1.82) is 0 Å². The van der Waals surface area contributed by atoms with Crippen LogP contribution in [-0.4, -0.2) is 15.1 Å². The Morgan fingerprint density at radius 1 is 0.857 bits per heavy atom. The van der Waals surface area contributed by atoms with Crippen molar-refractivity contribution < 1.29 is 5.11 Å². The Hall–Kier alpha value is -2.56. The number of hydrogen-bond acceptors (Lipinski definition) is 3. The number of nitrogens with zero attached hydrogens (tertiary/aromatic N) is 1. The molecule has 0 radical (unpaired) electrons. The molecular formula is C24H26N2OS. The van der Waals surface area contributed by atoms with Gasteiger partial charge in [-0.1, -0.05) is 99.7 Å².